The molecular formula is C15H12F3NOS. The number of primary amides is 1. The molecule has 0 fully saturated rings. The van der Waals surface area contributed by atoms with E-state index in [2.05, 4.69) is 0 Å². The van der Waals surface area contributed by atoms with Gasteiger partial charge < -0.3 is 5.73 Å². The Bertz CT molecular complexity index is 643. The van der Waals surface area contributed by atoms with Crippen LogP contribution >= 0.6 is 11.3 Å². The van der Waals surface area contributed by atoms with E-state index in [1.54, 1.807) is 0 Å². The molecule has 0 saturated heterocycles. The molecule has 0 radical (unpaired) electrons. The van der Waals surface area contributed by atoms with Gasteiger partial charge in [0.25, 0.3) is 0 Å². The normalized spacial score (nSPS) is 12.4. The van der Waals surface area contributed by atoms with Gasteiger partial charge in [-0.2, -0.15) is 24.5 Å². The van der Waals surface area contributed by atoms with Crippen molar-refractivity contribution in [2.75, 3.05) is 0 Å². The fourth-order valence-corrected chi connectivity index (χ4v) is 2.46. The molecule has 110 valence electrons. The van der Waals surface area contributed by atoms with Crippen molar-refractivity contribution in [3.05, 3.63) is 63.4 Å². The van der Waals surface area contributed by atoms with Gasteiger partial charge in [-0.1, -0.05) is 12.1 Å². The molecule has 0 atom stereocenters. The second-order valence-electron chi connectivity index (χ2n) is 4.46. The van der Waals surface area contributed by atoms with Gasteiger partial charge in [-0.25, -0.2) is 0 Å². The summed E-state index contributed by atoms with van der Waals surface area (Å²) < 4.78 is 37.4. The Hall–Kier alpha value is -2.08. The highest BCUT2D eigenvalue weighted by Gasteiger charge is 2.29. The Morgan fingerprint density at radius 1 is 1.19 bits per heavy atom. The minimum absolute atomic E-state index is 0.355. The van der Waals surface area contributed by atoms with Gasteiger partial charge in [0.05, 0.1) is 5.56 Å². The van der Waals surface area contributed by atoms with E-state index in [9.17, 15) is 18.0 Å². The smallest absolute Gasteiger partial charge is 0.366 e. The standard InChI is InChI=1S/C15H12F3NOS/c16-15(17,18)13-3-1-10(2-4-13)7-12(14(19)20)8-11-5-6-21-9-11/h1-7,9H,8H2,(H2,19,20). The van der Waals surface area contributed by atoms with E-state index in [0.717, 1.165) is 17.7 Å². The Morgan fingerprint density at radius 3 is 2.33 bits per heavy atom. The summed E-state index contributed by atoms with van der Waals surface area (Å²) in [5.74, 6) is -0.582. The monoisotopic (exact) mass is 311 g/mol. The highest BCUT2D eigenvalue weighted by atomic mass is 32.1. The zero-order valence-corrected chi connectivity index (χ0v) is 11.7. The number of benzene rings is 1. The predicted octanol–water partition coefficient (Wildman–Crippen LogP) is 3.88. The van der Waals surface area contributed by atoms with Crippen molar-refractivity contribution < 1.29 is 18.0 Å². The van der Waals surface area contributed by atoms with Gasteiger partial charge in [-0.05, 0) is 46.2 Å². The van der Waals surface area contributed by atoms with Gasteiger partial charge in [-0.3, -0.25) is 4.79 Å². The topological polar surface area (TPSA) is 43.1 Å². The van der Waals surface area contributed by atoms with Crippen LogP contribution in [0.2, 0.25) is 0 Å². The molecule has 2 rings (SSSR count). The molecule has 2 nitrogen and oxygen atoms in total. The Kier molecular flexibility index (Phi) is 4.47. The average molecular weight is 311 g/mol. The summed E-state index contributed by atoms with van der Waals surface area (Å²) in [6, 6.07) is 6.47. The third kappa shape index (κ3) is 4.19. The highest BCUT2D eigenvalue weighted by molar-refractivity contribution is 7.07. The van der Waals surface area contributed by atoms with E-state index >= 15 is 0 Å². The first-order chi connectivity index (χ1) is 9.86. The summed E-state index contributed by atoms with van der Waals surface area (Å²) in [5, 5.41) is 3.77. The van der Waals surface area contributed by atoms with Crippen molar-refractivity contribution >= 4 is 23.3 Å². The molecule has 1 aromatic heterocycles. The fourth-order valence-electron chi connectivity index (χ4n) is 1.79. The summed E-state index contributed by atoms with van der Waals surface area (Å²) in [6.07, 6.45) is -2.49. The quantitative estimate of drug-likeness (QED) is 0.856. The third-order valence-electron chi connectivity index (χ3n) is 2.87. The molecule has 0 aliphatic rings. The van der Waals surface area contributed by atoms with E-state index in [-0.39, 0.29) is 0 Å². The lowest BCUT2D eigenvalue weighted by molar-refractivity contribution is -0.137. The van der Waals surface area contributed by atoms with Gasteiger partial charge in [0.15, 0.2) is 0 Å². The molecule has 0 aliphatic carbocycles. The first-order valence-electron chi connectivity index (χ1n) is 6.05. The van der Waals surface area contributed by atoms with Crippen molar-refractivity contribution in [3.63, 3.8) is 0 Å². The van der Waals surface area contributed by atoms with E-state index in [1.165, 1.54) is 29.5 Å². The van der Waals surface area contributed by atoms with E-state index in [0.29, 0.717) is 17.6 Å². The van der Waals surface area contributed by atoms with Gasteiger partial charge in [0.1, 0.15) is 0 Å². The number of carbonyl (C=O) groups is 1. The zero-order chi connectivity index (χ0) is 15.5. The maximum absolute atomic E-state index is 12.5. The highest BCUT2D eigenvalue weighted by Crippen LogP contribution is 2.29. The van der Waals surface area contributed by atoms with E-state index < -0.39 is 17.6 Å². The lowest BCUT2D eigenvalue weighted by Gasteiger charge is -2.07. The minimum Gasteiger partial charge on any atom is -0.366 e. The molecule has 0 saturated carbocycles. The van der Waals surface area contributed by atoms with Crippen molar-refractivity contribution in [3.8, 4) is 0 Å². The largest absolute Gasteiger partial charge is 0.416 e. The van der Waals surface area contributed by atoms with E-state index in [1.807, 2.05) is 16.8 Å². The number of alkyl halides is 3. The number of hydrogen-bond acceptors (Lipinski definition) is 2. The van der Waals surface area contributed by atoms with Crippen LogP contribution < -0.4 is 5.73 Å². The average Bonchev–Trinajstić information content (AvgIpc) is 2.90. The van der Waals surface area contributed by atoms with Gasteiger partial charge in [0, 0.05) is 12.0 Å². The number of amides is 1. The number of nitrogens with two attached hydrogens (primary N) is 1. The molecule has 1 aromatic carbocycles. The predicted molar refractivity (Wildman–Crippen MR) is 76.6 cm³/mol. The molecule has 6 heteroatoms. The molecule has 0 aliphatic heterocycles. The lowest BCUT2D eigenvalue weighted by Crippen LogP contribution is -2.15. The first-order valence-corrected chi connectivity index (χ1v) is 6.99. The summed E-state index contributed by atoms with van der Waals surface area (Å²) >= 11 is 1.50. The van der Waals surface area contributed by atoms with Crippen LogP contribution in [0, 0.1) is 0 Å². The van der Waals surface area contributed by atoms with Crippen LogP contribution in [0.1, 0.15) is 16.7 Å². The third-order valence-corrected chi connectivity index (χ3v) is 3.60. The summed E-state index contributed by atoms with van der Waals surface area (Å²) in [5.41, 5.74) is 6.40. The number of thiophene rings is 1. The van der Waals surface area contributed by atoms with Crippen LogP contribution in [0.4, 0.5) is 13.2 Å². The summed E-state index contributed by atoms with van der Waals surface area (Å²) in [7, 11) is 0. The molecule has 2 N–H and O–H groups in total. The molecule has 1 heterocycles. The number of hydrogen-bond donors (Lipinski definition) is 1. The Morgan fingerprint density at radius 2 is 1.86 bits per heavy atom. The van der Waals surface area contributed by atoms with Gasteiger partial charge >= 0.3 is 6.18 Å². The second-order valence-corrected chi connectivity index (χ2v) is 5.24. The maximum atomic E-state index is 12.5. The van der Waals surface area contributed by atoms with Crippen molar-refractivity contribution in [1.82, 2.24) is 0 Å². The number of rotatable bonds is 4. The van der Waals surface area contributed by atoms with Gasteiger partial charge in [0.2, 0.25) is 5.91 Å². The summed E-state index contributed by atoms with van der Waals surface area (Å²) in [4.78, 5) is 11.4. The molecule has 0 bridgehead atoms. The summed E-state index contributed by atoms with van der Waals surface area (Å²) in [6.45, 7) is 0. The van der Waals surface area contributed by atoms with Crippen LogP contribution in [0.5, 0.6) is 0 Å². The minimum atomic E-state index is -4.37. The molecule has 0 unspecified atom stereocenters. The lowest BCUT2D eigenvalue weighted by atomic mass is 10.0. The molecule has 0 spiro atoms. The van der Waals surface area contributed by atoms with Crippen LogP contribution in [0.3, 0.4) is 0 Å². The number of halogens is 3. The fraction of sp³-hybridized carbons (Fsp3) is 0.133. The maximum Gasteiger partial charge on any atom is 0.416 e. The van der Waals surface area contributed by atoms with Crippen molar-refractivity contribution in [2.24, 2.45) is 5.73 Å². The Balaban J connectivity index is 2.24. The SMILES string of the molecule is NC(=O)C(=Cc1ccc(C(F)(F)F)cc1)Cc1ccsc1. The Labute approximate surface area is 123 Å². The van der Waals surface area contributed by atoms with Crippen LogP contribution in [0.15, 0.2) is 46.7 Å². The van der Waals surface area contributed by atoms with Gasteiger partial charge in [-0.15, -0.1) is 0 Å². The van der Waals surface area contributed by atoms with Crippen LogP contribution in [-0.2, 0) is 17.4 Å². The van der Waals surface area contributed by atoms with Crippen molar-refractivity contribution in [1.29, 1.82) is 0 Å². The molecular weight excluding hydrogens is 299 g/mol. The van der Waals surface area contributed by atoms with Crippen molar-refractivity contribution in [2.45, 2.75) is 12.6 Å². The number of carbonyl (C=O) groups excluding carboxylic acids is 1. The van der Waals surface area contributed by atoms with Crippen LogP contribution in [0.25, 0.3) is 6.08 Å². The second kappa shape index (κ2) is 6.13. The molecule has 1 amide bonds. The molecule has 21 heavy (non-hydrogen) atoms. The van der Waals surface area contributed by atoms with Crippen LogP contribution in [-0.4, -0.2) is 5.91 Å². The first kappa shape index (κ1) is 15.3. The molecule has 2 aromatic rings. The van der Waals surface area contributed by atoms with E-state index in [4.69, 9.17) is 5.73 Å². The zero-order valence-electron chi connectivity index (χ0n) is 10.9.